The zero-order chi connectivity index (χ0) is 6.69. The summed E-state index contributed by atoms with van der Waals surface area (Å²) in [7, 11) is 0. The average molecular weight is 128 g/mol. The Balaban J connectivity index is 2.39. The molecule has 0 saturated heterocycles. The number of aliphatic imine (C=N–C) groups is 1. The Morgan fingerprint density at radius 2 is 2.44 bits per heavy atom. The largest absolute Gasteiger partial charge is 0.268 e. The highest BCUT2D eigenvalue weighted by Gasteiger charge is 2.07. The second-order valence-corrected chi connectivity index (χ2v) is 1.70. The molecule has 0 bridgehead atoms. The van der Waals surface area contributed by atoms with Gasteiger partial charge in [-0.05, 0) is 0 Å². The molecule has 0 aliphatic carbocycles. The van der Waals surface area contributed by atoms with Crippen LogP contribution in [0.4, 0.5) is 0 Å². The van der Waals surface area contributed by atoms with Gasteiger partial charge in [0.1, 0.15) is 19.7 Å². The Morgan fingerprint density at radius 1 is 1.67 bits per heavy atom. The summed E-state index contributed by atoms with van der Waals surface area (Å²) < 4.78 is 0. The number of rotatable bonds is 1. The minimum Gasteiger partial charge on any atom is -0.268 e. The van der Waals surface area contributed by atoms with Gasteiger partial charge in [0, 0.05) is 0 Å². The van der Waals surface area contributed by atoms with Crippen LogP contribution >= 0.6 is 0 Å². The van der Waals surface area contributed by atoms with Crippen LogP contribution in [0.2, 0.25) is 0 Å². The van der Waals surface area contributed by atoms with E-state index < -0.39 is 0 Å². The summed E-state index contributed by atoms with van der Waals surface area (Å²) in [6.45, 7) is 0.769. The Morgan fingerprint density at radius 3 is 2.89 bits per heavy atom. The minimum absolute atomic E-state index is 0.382. The highest BCUT2D eigenvalue weighted by atomic mass is 15.7. The molecule has 0 amide bonds. The summed E-state index contributed by atoms with van der Waals surface area (Å²) in [6.07, 6.45) is 1.50. The first-order chi connectivity index (χ1) is 4.33. The van der Waals surface area contributed by atoms with Crippen LogP contribution in [0, 0.1) is 0 Å². The molecule has 1 heterocycles. The van der Waals surface area contributed by atoms with Gasteiger partial charge in [0.05, 0.1) is 0 Å². The van der Waals surface area contributed by atoms with E-state index in [2.05, 4.69) is 10.5 Å². The Kier molecular flexibility index (Phi) is 1.96. The van der Waals surface area contributed by atoms with Crippen LogP contribution in [0.1, 0.15) is 0 Å². The molecule has 6 nitrogen and oxygen atoms in total. The zero-order valence-corrected chi connectivity index (χ0v) is 4.83. The van der Waals surface area contributed by atoms with Gasteiger partial charge in [0.2, 0.25) is 0 Å². The molecular formula is C3H8N6. The molecule has 1 aliphatic rings. The van der Waals surface area contributed by atoms with E-state index in [-0.39, 0.29) is 0 Å². The van der Waals surface area contributed by atoms with Crippen LogP contribution in [0.3, 0.4) is 0 Å². The standard InChI is InChI=1S/C3H8N6/c4-7-9-2-6-1-8(5)3-9/h2,4-5,7H,1,3H2. The maximum Gasteiger partial charge on any atom is 0.109 e. The molecule has 1 aliphatic heterocycles. The van der Waals surface area contributed by atoms with Gasteiger partial charge in [0.25, 0.3) is 0 Å². The first kappa shape index (κ1) is 6.43. The average Bonchev–Trinajstić information content (AvgIpc) is 1.88. The molecule has 0 aromatic heterocycles. The fourth-order valence-electron chi connectivity index (χ4n) is 0.563. The molecule has 50 valence electrons. The number of hydrogen-bond donors (Lipinski definition) is 1. The lowest BCUT2D eigenvalue weighted by molar-refractivity contribution is 0.132. The number of nitrogens with one attached hydrogen (secondary N) is 3. The summed E-state index contributed by atoms with van der Waals surface area (Å²) in [5, 5.41) is 2.64. The van der Waals surface area contributed by atoms with Gasteiger partial charge in [0.15, 0.2) is 0 Å². The summed E-state index contributed by atoms with van der Waals surface area (Å²) in [5.41, 5.74) is 2.11. The van der Waals surface area contributed by atoms with E-state index in [0.717, 1.165) is 0 Å². The Bertz CT molecular complexity index is 111. The topological polar surface area (TPSA) is 78.5 Å². The summed E-state index contributed by atoms with van der Waals surface area (Å²) in [6, 6.07) is 0. The van der Waals surface area contributed by atoms with Crippen molar-refractivity contribution in [3.8, 4) is 0 Å². The molecule has 0 unspecified atom stereocenters. The van der Waals surface area contributed by atoms with E-state index in [9.17, 15) is 0 Å². The third-order valence-electron chi connectivity index (χ3n) is 0.940. The lowest BCUT2D eigenvalue weighted by atomic mass is 10.8. The molecule has 0 aromatic carbocycles. The monoisotopic (exact) mass is 128 g/mol. The van der Waals surface area contributed by atoms with E-state index >= 15 is 0 Å². The maximum absolute atomic E-state index is 7.06. The van der Waals surface area contributed by atoms with Crippen LogP contribution in [0.15, 0.2) is 4.99 Å². The van der Waals surface area contributed by atoms with Crippen LogP contribution in [-0.4, -0.2) is 29.7 Å². The third kappa shape index (κ3) is 1.61. The fraction of sp³-hybridized carbons (Fsp3) is 0.667. The van der Waals surface area contributed by atoms with Crippen LogP contribution in [-0.2, 0) is 0 Å². The van der Waals surface area contributed by atoms with E-state index in [1.807, 2.05) is 0 Å². The van der Waals surface area contributed by atoms with Gasteiger partial charge in [-0.15, -0.1) is 0 Å². The predicted molar refractivity (Wildman–Crippen MR) is 31.2 cm³/mol. The normalized spacial score (nSPS) is 20.9. The van der Waals surface area contributed by atoms with Crippen molar-refractivity contribution in [3.63, 3.8) is 0 Å². The van der Waals surface area contributed by atoms with Crippen molar-refractivity contribution in [2.45, 2.75) is 0 Å². The molecule has 0 saturated carbocycles. The van der Waals surface area contributed by atoms with Crippen molar-refractivity contribution >= 4 is 6.34 Å². The summed E-state index contributed by atoms with van der Waals surface area (Å²) >= 11 is 0. The number of hydrogen-bond acceptors (Lipinski definition) is 4. The number of hydrazine groups is 1. The maximum atomic E-state index is 7.06. The molecule has 2 radical (unpaired) electrons. The second kappa shape index (κ2) is 2.74. The molecular weight excluding hydrogens is 120 g/mol. The first-order valence-electron chi connectivity index (χ1n) is 2.48. The van der Waals surface area contributed by atoms with Crippen molar-refractivity contribution in [3.05, 3.63) is 0 Å². The van der Waals surface area contributed by atoms with Crippen molar-refractivity contribution in [2.24, 2.45) is 4.99 Å². The molecule has 3 N–H and O–H groups in total. The molecule has 6 heteroatoms. The molecule has 1 rings (SSSR count). The van der Waals surface area contributed by atoms with Crippen molar-refractivity contribution < 1.29 is 0 Å². The molecule has 0 fully saturated rings. The van der Waals surface area contributed by atoms with Crippen molar-refractivity contribution in [1.82, 2.24) is 27.2 Å². The molecule has 0 atom stereocenters. The van der Waals surface area contributed by atoms with Gasteiger partial charge in [-0.25, -0.2) is 0 Å². The van der Waals surface area contributed by atoms with E-state index in [1.165, 1.54) is 16.4 Å². The smallest absolute Gasteiger partial charge is 0.109 e. The molecule has 0 spiro atoms. The van der Waals surface area contributed by atoms with Crippen LogP contribution in [0.5, 0.6) is 0 Å². The Hall–Kier alpha value is -0.690. The van der Waals surface area contributed by atoms with Gasteiger partial charge in [-0.3, -0.25) is 10.0 Å². The van der Waals surface area contributed by atoms with Crippen LogP contribution in [0.25, 0.3) is 0 Å². The van der Waals surface area contributed by atoms with Gasteiger partial charge < -0.3 is 0 Å². The highest BCUT2D eigenvalue weighted by molar-refractivity contribution is 5.54. The fourth-order valence-corrected chi connectivity index (χ4v) is 0.563. The van der Waals surface area contributed by atoms with Gasteiger partial charge in [-0.2, -0.15) is 22.2 Å². The van der Waals surface area contributed by atoms with Crippen molar-refractivity contribution in [2.75, 3.05) is 13.3 Å². The lowest BCUT2D eigenvalue weighted by Gasteiger charge is -2.25. The first-order valence-corrected chi connectivity index (χ1v) is 2.48. The van der Waals surface area contributed by atoms with E-state index in [0.29, 0.717) is 13.3 Å². The zero-order valence-electron chi connectivity index (χ0n) is 4.83. The Labute approximate surface area is 53.0 Å². The summed E-state index contributed by atoms with van der Waals surface area (Å²) in [4.78, 5) is 3.77. The van der Waals surface area contributed by atoms with Crippen molar-refractivity contribution in [1.29, 1.82) is 0 Å². The van der Waals surface area contributed by atoms with E-state index in [1.54, 1.807) is 0 Å². The highest BCUT2D eigenvalue weighted by Crippen LogP contribution is 1.89. The molecule has 9 heavy (non-hydrogen) atoms. The molecule has 0 aromatic rings. The lowest BCUT2D eigenvalue weighted by Crippen LogP contribution is -2.47. The van der Waals surface area contributed by atoms with Gasteiger partial charge >= 0.3 is 0 Å². The number of nitrogens with zero attached hydrogens (tertiary/aromatic N) is 3. The second-order valence-electron chi connectivity index (χ2n) is 1.70. The van der Waals surface area contributed by atoms with Gasteiger partial charge in [-0.1, -0.05) is 0 Å². The summed E-state index contributed by atoms with van der Waals surface area (Å²) in [5.74, 6) is 13.7. The SMILES string of the molecule is [NH]NN1C=NCN([NH])C1. The van der Waals surface area contributed by atoms with E-state index in [4.69, 9.17) is 11.7 Å². The third-order valence-corrected chi connectivity index (χ3v) is 0.940. The predicted octanol–water partition coefficient (Wildman–Crippen LogP) is -1.55. The minimum atomic E-state index is 0.382. The van der Waals surface area contributed by atoms with Crippen LogP contribution < -0.4 is 17.2 Å². The quantitative estimate of drug-likeness (QED) is 0.434.